The molecule has 3 aromatic rings. The molecule has 0 bridgehead atoms. The number of anilines is 1. The van der Waals surface area contributed by atoms with Crippen molar-refractivity contribution in [2.24, 2.45) is 0 Å². The molecule has 1 fully saturated rings. The first-order valence-corrected chi connectivity index (χ1v) is 14.1. The summed E-state index contributed by atoms with van der Waals surface area (Å²) in [7, 11) is 0.0481. The Balaban J connectivity index is 2.11. The first-order chi connectivity index (χ1) is 18.1. The molecular formula is C31H37F2NO3Si. The van der Waals surface area contributed by atoms with Gasteiger partial charge >= 0.3 is 0 Å². The molecule has 2 unspecified atom stereocenters. The van der Waals surface area contributed by atoms with Crippen molar-refractivity contribution in [2.75, 3.05) is 24.6 Å². The first kappa shape index (κ1) is 28.4. The van der Waals surface area contributed by atoms with Gasteiger partial charge in [-0.25, -0.2) is 8.78 Å². The van der Waals surface area contributed by atoms with E-state index in [1.54, 1.807) is 6.07 Å². The van der Waals surface area contributed by atoms with Gasteiger partial charge in [0, 0.05) is 25.3 Å². The minimum Gasteiger partial charge on any atom is -0.400 e. The van der Waals surface area contributed by atoms with Crippen LogP contribution in [0.25, 0.3) is 0 Å². The Morgan fingerprint density at radius 1 is 0.921 bits per heavy atom. The average molecular weight is 538 g/mol. The second-order valence-corrected chi connectivity index (χ2v) is 13.0. The van der Waals surface area contributed by atoms with Gasteiger partial charge in [0.15, 0.2) is 11.6 Å². The van der Waals surface area contributed by atoms with Crippen LogP contribution in [0.3, 0.4) is 0 Å². The summed E-state index contributed by atoms with van der Waals surface area (Å²) < 4.78 is 44.8. The van der Waals surface area contributed by atoms with Crippen molar-refractivity contribution in [3.8, 4) is 0 Å². The highest BCUT2D eigenvalue weighted by Crippen LogP contribution is 2.48. The van der Waals surface area contributed by atoms with E-state index in [0.717, 1.165) is 11.1 Å². The molecular weight excluding hydrogens is 500 g/mol. The van der Waals surface area contributed by atoms with E-state index in [9.17, 15) is 5.11 Å². The van der Waals surface area contributed by atoms with E-state index in [1.807, 2.05) is 79.4 Å². The number of aliphatic hydroxyl groups is 1. The smallest absolute Gasteiger partial charge is 0.237 e. The van der Waals surface area contributed by atoms with Gasteiger partial charge in [0.25, 0.3) is 0 Å². The zero-order chi connectivity index (χ0) is 27.5. The number of halogens is 2. The normalized spacial score (nSPS) is 18.6. The molecule has 0 aliphatic carbocycles. The van der Waals surface area contributed by atoms with Crippen molar-refractivity contribution in [1.82, 2.24) is 0 Å². The minimum absolute atomic E-state index is 0.00678. The summed E-state index contributed by atoms with van der Waals surface area (Å²) >= 11 is 0. The standard InChI is InChI=1S/C31H37F2NO3Si/c1-21-19-34(20-22(2)36-21)29-26(18-23(16-17-35)27(32)28(29)33)31(37-38-30(3,4)5,24-12-8-6-9-13-24)25-14-10-7-11-15-25/h6-15,18,21-22,35H,16-17,19-20H2,1-5H3. The third-order valence-electron chi connectivity index (χ3n) is 6.62. The highest BCUT2D eigenvalue weighted by molar-refractivity contribution is 6.32. The molecule has 4 nitrogen and oxygen atoms in total. The van der Waals surface area contributed by atoms with Crippen LogP contribution in [-0.2, 0) is 21.2 Å². The number of nitrogens with zero attached hydrogens (tertiary/aromatic N) is 1. The zero-order valence-corrected chi connectivity index (χ0v) is 23.8. The number of hydrogen-bond acceptors (Lipinski definition) is 4. The van der Waals surface area contributed by atoms with Crippen LogP contribution in [0.4, 0.5) is 14.5 Å². The van der Waals surface area contributed by atoms with E-state index in [2.05, 4.69) is 20.8 Å². The highest BCUT2D eigenvalue weighted by atomic mass is 28.2. The van der Waals surface area contributed by atoms with E-state index in [1.165, 1.54) is 0 Å². The number of ether oxygens (including phenoxy) is 1. The molecule has 2 atom stereocenters. The van der Waals surface area contributed by atoms with Crippen LogP contribution in [0, 0.1) is 11.6 Å². The summed E-state index contributed by atoms with van der Waals surface area (Å²) in [5, 5.41) is 9.54. The van der Waals surface area contributed by atoms with Crippen molar-refractivity contribution in [3.63, 3.8) is 0 Å². The lowest BCUT2D eigenvalue weighted by Crippen LogP contribution is -2.47. The van der Waals surface area contributed by atoms with Crippen LogP contribution in [0.15, 0.2) is 66.7 Å². The first-order valence-electron chi connectivity index (χ1n) is 13.2. The number of benzene rings is 3. The largest absolute Gasteiger partial charge is 0.400 e. The lowest BCUT2D eigenvalue weighted by molar-refractivity contribution is -0.00566. The molecule has 4 rings (SSSR count). The Bertz CT molecular complexity index is 1170. The number of morpholine rings is 1. The van der Waals surface area contributed by atoms with Gasteiger partial charge in [-0.2, -0.15) is 0 Å². The molecule has 1 aliphatic heterocycles. The molecule has 38 heavy (non-hydrogen) atoms. The highest BCUT2D eigenvalue weighted by Gasteiger charge is 2.44. The minimum atomic E-state index is -1.23. The SMILES string of the molecule is CC1CN(c2c(C(O[Si]C(C)(C)C)(c3ccccc3)c3ccccc3)cc(CCO)c(F)c2F)CC(C)O1. The second-order valence-electron chi connectivity index (χ2n) is 11.1. The van der Waals surface area contributed by atoms with Gasteiger partial charge < -0.3 is 19.2 Å². The van der Waals surface area contributed by atoms with Crippen molar-refractivity contribution in [3.05, 3.63) is 101 Å². The Labute approximate surface area is 227 Å². The summed E-state index contributed by atoms with van der Waals surface area (Å²) in [4.78, 5) is 1.89. The molecule has 0 spiro atoms. The maximum Gasteiger partial charge on any atom is 0.237 e. The fourth-order valence-corrected chi connectivity index (χ4v) is 5.94. The fourth-order valence-electron chi connectivity index (χ4n) is 5.14. The Kier molecular flexibility index (Phi) is 8.72. The van der Waals surface area contributed by atoms with Crippen molar-refractivity contribution < 1.29 is 23.1 Å². The summed E-state index contributed by atoms with van der Waals surface area (Å²) in [5.74, 6) is -1.86. The lowest BCUT2D eigenvalue weighted by Gasteiger charge is -2.43. The monoisotopic (exact) mass is 537 g/mol. The quantitative estimate of drug-likeness (QED) is 0.272. The van der Waals surface area contributed by atoms with Crippen LogP contribution in [0.1, 0.15) is 56.9 Å². The van der Waals surface area contributed by atoms with Crippen LogP contribution in [0.2, 0.25) is 5.04 Å². The van der Waals surface area contributed by atoms with E-state index in [0.29, 0.717) is 18.7 Å². The molecule has 1 aliphatic rings. The van der Waals surface area contributed by atoms with Crippen LogP contribution >= 0.6 is 0 Å². The summed E-state index contributed by atoms with van der Waals surface area (Å²) in [6.45, 7) is 10.7. The van der Waals surface area contributed by atoms with Crippen LogP contribution < -0.4 is 4.90 Å². The predicted octanol–water partition coefficient (Wildman–Crippen LogP) is 6.26. The molecule has 1 heterocycles. The maximum atomic E-state index is 16.3. The fraction of sp³-hybridized carbons (Fsp3) is 0.419. The van der Waals surface area contributed by atoms with Gasteiger partial charge in [-0.15, -0.1) is 0 Å². The molecule has 3 aromatic carbocycles. The van der Waals surface area contributed by atoms with Crippen molar-refractivity contribution in [1.29, 1.82) is 0 Å². The van der Waals surface area contributed by atoms with Gasteiger partial charge in [-0.3, -0.25) is 0 Å². The molecule has 0 amide bonds. The van der Waals surface area contributed by atoms with E-state index < -0.39 is 17.2 Å². The number of hydrogen-bond donors (Lipinski definition) is 1. The van der Waals surface area contributed by atoms with Gasteiger partial charge in [-0.1, -0.05) is 81.4 Å². The van der Waals surface area contributed by atoms with E-state index in [-0.39, 0.29) is 51.3 Å². The summed E-state index contributed by atoms with van der Waals surface area (Å²) in [5.41, 5.74) is 1.23. The number of rotatable bonds is 8. The van der Waals surface area contributed by atoms with Crippen LogP contribution in [-0.4, -0.2) is 46.8 Å². The van der Waals surface area contributed by atoms with Gasteiger partial charge in [0.05, 0.1) is 17.9 Å². The molecule has 2 radical (unpaired) electrons. The predicted molar refractivity (Wildman–Crippen MR) is 149 cm³/mol. The van der Waals surface area contributed by atoms with E-state index >= 15 is 8.78 Å². The third kappa shape index (κ3) is 5.86. The Morgan fingerprint density at radius 2 is 1.45 bits per heavy atom. The van der Waals surface area contributed by atoms with Crippen molar-refractivity contribution >= 4 is 15.5 Å². The Morgan fingerprint density at radius 3 is 1.92 bits per heavy atom. The average Bonchev–Trinajstić information content (AvgIpc) is 2.87. The molecule has 202 valence electrons. The Hall–Kier alpha value is -2.58. The number of aliphatic hydroxyl groups excluding tert-OH is 1. The zero-order valence-electron chi connectivity index (χ0n) is 22.8. The third-order valence-corrected chi connectivity index (χ3v) is 7.64. The van der Waals surface area contributed by atoms with Gasteiger partial charge in [0.1, 0.15) is 5.60 Å². The van der Waals surface area contributed by atoms with Crippen molar-refractivity contribution in [2.45, 2.75) is 63.9 Å². The van der Waals surface area contributed by atoms with Crippen LogP contribution in [0.5, 0.6) is 0 Å². The van der Waals surface area contributed by atoms with Gasteiger partial charge in [0.2, 0.25) is 9.76 Å². The summed E-state index contributed by atoms with van der Waals surface area (Å²) in [6.07, 6.45) is -0.328. The van der Waals surface area contributed by atoms with E-state index in [4.69, 9.17) is 9.16 Å². The maximum absolute atomic E-state index is 16.3. The lowest BCUT2D eigenvalue weighted by atomic mass is 9.78. The molecule has 0 aromatic heterocycles. The molecule has 1 saturated heterocycles. The molecule has 7 heteroatoms. The topological polar surface area (TPSA) is 41.9 Å². The summed E-state index contributed by atoms with van der Waals surface area (Å²) in [6, 6.07) is 21.2. The van der Waals surface area contributed by atoms with Gasteiger partial charge in [-0.05, 0) is 48.1 Å². The molecule has 1 N–H and O–H groups in total. The molecule has 0 saturated carbocycles. The second kappa shape index (κ2) is 11.7.